The normalized spacial score (nSPS) is 15.9. The molecule has 2 aliphatic rings. The lowest BCUT2D eigenvalue weighted by molar-refractivity contribution is -0.117. The number of fused-ring (bicyclic) bond motifs is 1. The number of hydrogen-bond donors (Lipinski definition) is 1. The minimum atomic E-state index is -0.288. The van der Waals surface area contributed by atoms with Crippen LogP contribution in [0.25, 0.3) is 0 Å². The van der Waals surface area contributed by atoms with Crippen LogP contribution in [0.1, 0.15) is 40.5 Å². The number of aryl methyl sites for hydroxylation is 1. The molecule has 136 valence electrons. The SMILES string of the molecule is CC1=C(C(=O)NCCCn2ccnc2)C2=C(C1)C(=O)c1ccccc1C2=O. The molecule has 0 fully saturated rings. The van der Waals surface area contributed by atoms with Crippen LogP contribution in [0.2, 0.25) is 0 Å². The minimum absolute atomic E-state index is 0.151. The first-order valence-electron chi connectivity index (χ1n) is 8.93. The number of ketones is 2. The first-order chi connectivity index (χ1) is 13.1. The van der Waals surface area contributed by atoms with Crippen LogP contribution in [-0.2, 0) is 11.3 Å². The summed E-state index contributed by atoms with van der Waals surface area (Å²) in [4.78, 5) is 42.5. The number of hydrogen-bond acceptors (Lipinski definition) is 4. The molecule has 1 aromatic carbocycles. The molecule has 1 heterocycles. The fraction of sp³-hybridized carbons (Fsp3) is 0.238. The predicted molar refractivity (Wildman–Crippen MR) is 99.3 cm³/mol. The third kappa shape index (κ3) is 2.93. The van der Waals surface area contributed by atoms with Crippen LogP contribution in [0.4, 0.5) is 0 Å². The van der Waals surface area contributed by atoms with E-state index in [1.165, 1.54) is 0 Å². The molecule has 0 saturated carbocycles. The number of benzene rings is 1. The highest BCUT2D eigenvalue weighted by atomic mass is 16.2. The van der Waals surface area contributed by atoms with Crippen molar-refractivity contribution < 1.29 is 14.4 Å². The Balaban J connectivity index is 1.51. The van der Waals surface area contributed by atoms with Crippen LogP contribution < -0.4 is 5.32 Å². The number of amides is 1. The van der Waals surface area contributed by atoms with Crippen LogP contribution in [0.15, 0.2) is 65.3 Å². The van der Waals surface area contributed by atoms with Crippen molar-refractivity contribution in [2.24, 2.45) is 0 Å². The lowest BCUT2D eigenvalue weighted by Crippen LogP contribution is -2.30. The Kier molecular flexibility index (Phi) is 4.32. The van der Waals surface area contributed by atoms with Crippen LogP contribution in [0, 0.1) is 0 Å². The Morgan fingerprint density at radius 1 is 1.19 bits per heavy atom. The summed E-state index contributed by atoms with van der Waals surface area (Å²) >= 11 is 0. The predicted octanol–water partition coefficient (Wildman–Crippen LogP) is 2.49. The maximum Gasteiger partial charge on any atom is 0.252 e. The third-order valence-corrected chi connectivity index (χ3v) is 5.00. The summed E-state index contributed by atoms with van der Waals surface area (Å²) in [5.41, 5.74) is 2.66. The van der Waals surface area contributed by atoms with Crippen molar-refractivity contribution in [3.05, 3.63) is 76.4 Å². The number of nitrogens with one attached hydrogen (secondary N) is 1. The molecule has 2 aliphatic carbocycles. The van der Waals surface area contributed by atoms with Crippen molar-refractivity contribution >= 4 is 17.5 Å². The standard InChI is InChI=1S/C21H19N3O3/c1-13-11-16-18(20(26)15-6-3-2-5-14(15)19(16)25)17(13)21(27)23-7-4-9-24-10-8-22-12-24/h2-3,5-6,8,10,12H,4,7,9,11H2,1H3,(H,23,27). The van der Waals surface area contributed by atoms with Gasteiger partial charge in [0.1, 0.15) is 0 Å². The smallest absolute Gasteiger partial charge is 0.252 e. The van der Waals surface area contributed by atoms with Gasteiger partial charge in [-0.05, 0) is 19.8 Å². The van der Waals surface area contributed by atoms with Gasteiger partial charge < -0.3 is 9.88 Å². The number of rotatable bonds is 5. The van der Waals surface area contributed by atoms with Crippen LogP contribution >= 0.6 is 0 Å². The Hall–Kier alpha value is -3.28. The fourth-order valence-corrected chi connectivity index (χ4v) is 3.71. The molecule has 2 aromatic rings. The van der Waals surface area contributed by atoms with Crippen LogP contribution in [0.3, 0.4) is 0 Å². The van der Waals surface area contributed by atoms with E-state index in [4.69, 9.17) is 0 Å². The molecule has 0 unspecified atom stereocenters. The van der Waals surface area contributed by atoms with Crippen molar-refractivity contribution in [2.45, 2.75) is 26.3 Å². The average molecular weight is 361 g/mol. The molecule has 0 bridgehead atoms. The Morgan fingerprint density at radius 2 is 1.93 bits per heavy atom. The van der Waals surface area contributed by atoms with E-state index in [-0.39, 0.29) is 23.0 Å². The van der Waals surface area contributed by atoms with Gasteiger partial charge in [0, 0.05) is 47.8 Å². The zero-order valence-electron chi connectivity index (χ0n) is 15.0. The molecule has 0 radical (unpaired) electrons. The second-order valence-corrected chi connectivity index (χ2v) is 6.80. The quantitative estimate of drug-likeness (QED) is 0.830. The summed E-state index contributed by atoms with van der Waals surface area (Å²) in [6.07, 6.45) is 6.41. The molecule has 0 atom stereocenters. The van der Waals surface area contributed by atoms with Gasteiger partial charge in [-0.25, -0.2) is 4.98 Å². The maximum absolute atomic E-state index is 13.0. The van der Waals surface area contributed by atoms with E-state index in [9.17, 15) is 14.4 Å². The van der Waals surface area contributed by atoms with Crippen LogP contribution in [-0.4, -0.2) is 33.6 Å². The van der Waals surface area contributed by atoms with E-state index in [2.05, 4.69) is 10.3 Å². The zero-order valence-corrected chi connectivity index (χ0v) is 15.0. The summed E-state index contributed by atoms with van der Waals surface area (Å²) in [7, 11) is 0. The number of carbonyl (C=O) groups is 3. The van der Waals surface area contributed by atoms with Gasteiger partial charge in [0.25, 0.3) is 5.91 Å². The molecular formula is C21H19N3O3. The largest absolute Gasteiger partial charge is 0.352 e. The van der Waals surface area contributed by atoms with Gasteiger partial charge in [-0.1, -0.05) is 29.8 Å². The first-order valence-corrected chi connectivity index (χ1v) is 8.93. The topological polar surface area (TPSA) is 81.1 Å². The molecule has 6 heteroatoms. The molecule has 1 N–H and O–H groups in total. The number of aromatic nitrogens is 2. The lowest BCUT2D eigenvalue weighted by Gasteiger charge is -2.18. The second-order valence-electron chi connectivity index (χ2n) is 6.80. The highest BCUT2D eigenvalue weighted by Crippen LogP contribution is 2.40. The second kappa shape index (κ2) is 6.79. The van der Waals surface area contributed by atoms with Crippen molar-refractivity contribution in [1.29, 1.82) is 0 Å². The molecule has 4 rings (SSSR count). The summed E-state index contributed by atoms with van der Waals surface area (Å²) < 4.78 is 1.94. The van der Waals surface area contributed by atoms with E-state index in [1.54, 1.807) is 36.8 Å². The first kappa shape index (κ1) is 17.1. The summed E-state index contributed by atoms with van der Waals surface area (Å²) in [6, 6.07) is 6.80. The number of allylic oxidation sites excluding steroid dienone is 2. The molecule has 0 saturated heterocycles. The zero-order chi connectivity index (χ0) is 19.0. The van der Waals surface area contributed by atoms with E-state index in [0.717, 1.165) is 18.5 Å². The minimum Gasteiger partial charge on any atom is -0.352 e. The van der Waals surface area contributed by atoms with Gasteiger partial charge in [-0.2, -0.15) is 0 Å². The van der Waals surface area contributed by atoms with E-state index in [1.807, 2.05) is 17.7 Å². The highest BCUT2D eigenvalue weighted by Gasteiger charge is 2.39. The molecule has 27 heavy (non-hydrogen) atoms. The molecule has 6 nitrogen and oxygen atoms in total. The Labute approximate surface area is 156 Å². The van der Waals surface area contributed by atoms with Crippen LogP contribution in [0.5, 0.6) is 0 Å². The average Bonchev–Trinajstić information content (AvgIpc) is 3.31. The van der Waals surface area contributed by atoms with E-state index >= 15 is 0 Å². The Bertz CT molecular complexity index is 1010. The van der Waals surface area contributed by atoms with Gasteiger partial charge >= 0.3 is 0 Å². The van der Waals surface area contributed by atoms with Gasteiger partial charge in [0.05, 0.1) is 11.9 Å². The van der Waals surface area contributed by atoms with Gasteiger partial charge in [-0.15, -0.1) is 0 Å². The molecule has 0 spiro atoms. The van der Waals surface area contributed by atoms with Crippen molar-refractivity contribution in [3.63, 3.8) is 0 Å². The van der Waals surface area contributed by atoms with Gasteiger partial charge in [0.2, 0.25) is 0 Å². The molecule has 1 aromatic heterocycles. The van der Waals surface area contributed by atoms with E-state index < -0.39 is 0 Å². The third-order valence-electron chi connectivity index (χ3n) is 5.00. The Morgan fingerprint density at radius 3 is 2.63 bits per heavy atom. The molecular weight excluding hydrogens is 342 g/mol. The van der Waals surface area contributed by atoms with Crippen molar-refractivity contribution in [3.8, 4) is 0 Å². The number of imidazole rings is 1. The van der Waals surface area contributed by atoms with Gasteiger partial charge in [-0.3, -0.25) is 14.4 Å². The maximum atomic E-state index is 13.0. The lowest BCUT2D eigenvalue weighted by atomic mass is 9.83. The van der Waals surface area contributed by atoms with Crippen molar-refractivity contribution in [2.75, 3.05) is 6.54 Å². The number of carbonyl (C=O) groups excluding carboxylic acids is 3. The van der Waals surface area contributed by atoms with Crippen molar-refractivity contribution in [1.82, 2.24) is 14.9 Å². The van der Waals surface area contributed by atoms with E-state index in [0.29, 0.717) is 35.2 Å². The highest BCUT2D eigenvalue weighted by molar-refractivity contribution is 6.32. The number of Topliss-reactive ketones (excluding diaryl/α,β-unsaturated/α-hetero) is 2. The summed E-state index contributed by atoms with van der Waals surface area (Å²) in [5.74, 6) is -0.674. The fourth-order valence-electron chi connectivity index (χ4n) is 3.71. The number of nitrogens with zero attached hydrogens (tertiary/aromatic N) is 2. The monoisotopic (exact) mass is 361 g/mol. The molecule has 0 aliphatic heterocycles. The molecule has 1 amide bonds. The van der Waals surface area contributed by atoms with Gasteiger partial charge in [0.15, 0.2) is 11.6 Å². The summed E-state index contributed by atoms with van der Waals surface area (Å²) in [6.45, 7) is 3.04. The summed E-state index contributed by atoms with van der Waals surface area (Å²) in [5, 5.41) is 2.88.